The van der Waals surface area contributed by atoms with Crippen LogP contribution >= 0.6 is 24.0 Å². The van der Waals surface area contributed by atoms with Crippen LogP contribution in [0.25, 0.3) is 0 Å². The van der Waals surface area contributed by atoms with Crippen molar-refractivity contribution in [1.29, 1.82) is 0 Å². The van der Waals surface area contributed by atoms with Crippen molar-refractivity contribution in [2.45, 2.75) is 38.5 Å². The molecular formula is C20H32IN3O2. The third-order valence-corrected chi connectivity index (χ3v) is 4.50. The van der Waals surface area contributed by atoms with Crippen LogP contribution in [0.3, 0.4) is 0 Å². The Kier molecular flexibility index (Phi) is 11.2. The zero-order valence-electron chi connectivity index (χ0n) is 16.1. The molecule has 0 amide bonds. The first kappa shape index (κ1) is 22.6. The molecule has 2 N–H and O–H groups in total. The van der Waals surface area contributed by atoms with E-state index in [1.54, 1.807) is 19.8 Å². The molecule has 0 unspecified atom stereocenters. The van der Waals surface area contributed by atoms with E-state index in [0.29, 0.717) is 0 Å². The van der Waals surface area contributed by atoms with Gasteiger partial charge in [-0.3, -0.25) is 4.99 Å². The number of hydrogen-bond acceptors (Lipinski definition) is 3. The first-order valence-electron chi connectivity index (χ1n) is 9.10. The van der Waals surface area contributed by atoms with Crippen LogP contribution in [-0.2, 0) is 6.42 Å². The van der Waals surface area contributed by atoms with E-state index in [-0.39, 0.29) is 24.0 Å². The van der Waals surface area contributed by atoms with Gasteiger partial charge in [0.25, 0.3) is 0 Å². The molecule has 0 saturated heterocycles. The molecule has 26 heavy (non-hydrogen) atoms. The third kappa shape index (κ3) is 7.43. The van der Waals surface area contributed by atoms with Crippen molar-refractivity contribution in [3.63, 3.8) is 0 Å². The highest BCUT2D eigenvalue weighted by Crippen LogP contribution is 2.27. The summed E-state index contributed by atoms with van der Waals surface area (Å²) in [5.41, 5.74) is 2.78. The maximum Gasteiger partial charge on any atom is 0.190 e. The molecule has 0 atom stereocenters. The standard InChI is InChI=1S/C20H31N3O2.HI/c1-21-20(22-13-11-16-7-5-4-6-8-16)23-14-12-17-9-10-18(24-2)19(15-17)25-3;/h7,9-10,15H,4-6,8,11-14H2,1-3H3,(H2,21,22,23);1H. The molecule has 2 rings (SSSR count). The number of rotatable bonds is 8. The van der Waals surface area contributed by atoms with Crippen LogP contribution in [0.5, 0.6) is 11.5 Å². The summed E-state index contributed by atoms with van der Waals surface area (Å²) in [6, 6.07) is 6.03. The molecule has 146 valence electrons. The van der Waals surface area contributed by atoms with E-state index in [9.17, 15) is 0 Å². The quantitative estimate of drug-likeness (QED) is 0.260. The summed E-state index contributed by atoms with van der Waals surface area (Å²) in [4.78, 5) is 4.29. The predicted octanol–water partition coefficient (Wildman–Crippen LogP) is 3.92. The van der Waals surface area contributed by atoms with Gasteiger partial charge in [-0.15, -0.1) is 24.0 Å². The summed E-state index contributed by atoms with van der Waals surface area (Å²) >= 11 is 0. The second-order valence-corrected chi connectivity index (χ2v) is 6.22. The first-order chi connectivity index (χ1) is 12.3. The highest BCUT2D eigenvalue weighted by molar-refractivity contribution is 14.0. The van der Waals surface area contributed by atoms with Gasteiger partial charge in [-0.1, -0.05) is 17.7 Å². The number of methoxy groups -OCH3 is 2. The lowest BCUT2D eigenvalue weighted by Crippen LogP contribution is -2.38. The van der Waals surface area contributed by atoms with Crippen molar-refractivity contribution in [3.8, 4) is 11.5 Å². The summed E-state index contributed by atoms with van der Waals surface area (Å²) in [6.45, 7) is 1.75. The molecule has 1 aromatic rings. The lowest BCUT2D eigenvalue weighted by molar-refractivity contribution is 0.354. The molecule has 0 spiro atoms. The van der Waals surface area contributed by atoms with Crippen molar-refractivity contribution in [2.24, 2.45) is 4.99 Å². The minimum absolute atomic E-state index is 0. The van der Waals surface area contributed by atoms with Gasteiger partial charge in [0.05, 0.1) is 14.2 Å². The number of guanidine groups is 1. The summed E-state index contributed by atoms with van der Waals surface area (Å²) < 4.78 is 10.6. The SMILES string of the molecule is CN=C(NCCC1=CCCCC1)NCCc1ccc(OC)c(OC)c1.I. The fourth-order valence-corrected chi connectivity index (χ4v) is 3.06. The van der Waals surface area contributed by atoms with Gasteiger partial charge in [-0.05, 0) is 56.2 Å². The summed E-state index contributed by atoms with van der Waals surface area (Å²) in [5, 5.41) is 6.77. The topological polar surface area (TPSA) is 54.9 Å². The van der Waals surface area contributed by atoms with Gasteiger partial charge in [-0.2, -0.15) is 0 Å². The lowest BCUT2D eigenvalue weighted by Gasteiger charge is -2.15. The Hall–Kier alpha value is -1.44. The molecule has 0 fully saturated rings. The molecule has 5 nitrogen and oxygen atoms in total. The Bertz CT molecular complexity index is 603. The van der Waals surface area contributed by atoms with E-state index in [1.165, 1.54) is 31.2 Å². The van der Waals surface area contributed by atoms with E-state index >= 15 is 0 Å². The van der Waals surface area contributed by atoms with Crippen molar-refractivity contribution in [3.05, 3.63) is 35.4 Å². The average molecular weight is 473 g/mol. The second kappa shape index (κ2) is 12.8. The van der Waals surface area contributed by atoms with Crippen LogP contribution in [0.2, 0.25) is 0 Å². The van der Waals surface area contributed by atoms with E-state index in [1.807, 2.05) is 19.2 Å². The van der Waals surface area contributed by atoms with Gasteiger partial charge in [0, 0.05) is 20.1 Å². The van der Waals surface area contributed by atoms with Gasteiger partial charge in [0.1, 0.15) is 0 Å². The minimum Gasteiger partial charge on any atom is -0.493 e. The Balaban J connectivity index is 0.00000338. The summed E-state index contributed by atoms with van der Waals surface area (Å²) in [7, 11) is 5.12. The number of halogens is 1. The highest BCUT2D eigenvalue weighted by Gasteiger charge is 2.06. The monoisotopic (exact) mass is 473 g/mol. The zero-order chi connectivity index (χ0) is 17.9. The fourth-order valence-electron chi connectivity index (χ4n) is 3.06. The molecule has 0 bridgehead atoms. The Morgan fingerprint density at radius 1 is 1.04 bits per heavy atom. The zero-order valence-corrected chi connectivity index (χ0v) is 18.5. The molecule has 1 aliphatic rings. The van der Waals surface area contributed by atoms with Crippen molar-refractivity contribution >= 4 is 29.9 Å². The smallest absolute Gasteiger partial charge is 0.190 e. The van der Waals surface area contributed by atoms with Gasteiger partial charge in [0.2, 0.25) is 0 Å². The maximum absolute atomic E-state index is 5.35. The Morgan fingerprint density at radius 3 is 2.38 bits per heavy atom. The van der Waals surface area contributed by atoms with E-state index in [4.69, 9.17) is 9.47 Å². The molecule has 6 heteroatoms. The normalized spacial score (nSPS) is 14.1. The number of nitrogens with zero attached hydrogens (tertiary/aromatic N) is 1. The van der Waals surface area contributed by atoms with Crippen LogP contribution in [0, 0.1) is 0 Å². The van der Waals surface area contributed by atoms with Gasteiger partial charge >= 0.3 is 0 Å². The van der Waals surface area contributed by atoms with E-state index in [2.05, 4.69) is 27.8 Å². The second-order valence-electron chi connectivity index (χ2n) is 6.22. The van der Waals surface area contributed by atoms with Crippen LogP contribution < -0.4 is 20.1 Å². The fraction of sp³-hybridized carbons (Fsp3) is 0.550. The molecule has 1 aromatic carbocycles. The molecule has 0 saturated carbocycles. The Labute approximate surface area is 174 Å². The maximum atomic E-state index is 5.35. The average Bonchev–Trinajstić information content (AvgIpc) is 2.67. The number of ether oxygens (including phenoxy) is 2. The number of hydrogen-bond donors (Lipinski definition) is 2. The van der Waals surface area contributed by atoms with Crippen molar-refractivity contribution < 1.29 is 9.47 Å². The van der Waals surface area contributed by atoms with Crippen LogP contribution in [0.1, 0.15) is 37.7 Å². The molecular weight excluding hydrogens is 441 g/mol. The largest absolute Gasteiger partial charge is 0.493 e. The summed E-state index contributed by atoms with van der Waals surface area (Å²) in [6.07, 6.45) is 9.59. The van der Waals surface area contributed by atoms with Crippen molar-refractivity contribution in [1.82, 2.24) is 10.6 Å². The van der Waals surface area contributed by atoms with Crippen LogP contribution in [0.4, 0.5) is 0 Å². The minimum atomic E-state index is 0. The van der Waals surface area contributed by atoms with Crippen molar-refractivity contribution in [2.75, 3.05) is 34.4 Å². The van der Waals surface area contributed by atoms with Gasteiger partial charge < -0.3 is 20.1 Å². The van der Waals surface area contributed by atoms with E-state index < -0.39 is 0 Å². The molecule has 0 aliphatic heterocycles. The predicted molar refractivity (Wildman–Crippen MR) is 119 cm³/mol. The van der Waals surface area contributed by atoms with Crippen LogP contribution in [-0.4, -0.2) is 40.3 Å². The van der Waals surface area contributed by atoms with Gasteiger partial charge in [0.15, 0.2) is 17.5 Å². The summed E-state index contributed by atoms with van der Waals surface area (Å²) in [5.74, 6) is 2.38. The van der Waals surface area contributed by atoms with E-state index in [0.717, 1.165) is 43.4 Å². The molecule has 0 radical (unpaired) electrons. The number of aliphatic imine (C=N–C) groups is 1. The molecule has 0 heterocycles. The number of benzene rings is 1. The third-order valence-electron chi connectivity index (χ3n) is 4.50. The highest BCUT2D eigenvalue weighted by atomic mass is 127. The van der Waals surface area contributed by atoms with Gasteiger partial charge in [-0.25, -0.2) is 0 Å². The molecule has 1 aliphatic carbocycles. The lowest BCUT2D eigenvalue weighted by atomic mass is 9.97. The number of allylic oxidation sites excluding steroid dienone is 1. The Morgan fingerprint density at radius 2 is 1.77 bits per heavy atom. The first-order valence-corrected chi connectivity index (χ1v) is 9.10. The number of nitrogens with one attached hydrogen (secondary N) is 2. The molecule has 0 aromatic heterocycles. The van der Waals surface area contributed by atoms with Crippen LogP contribution in [0.15, 0.2) is 34.8 Å².